The Balaban J connectivity index is 0.00000162. The molecule has 100 valence electrons. The molecule has 0 bridgehead atoms. The molecule has 0 saturated heterocycles. The van der Waals surface area contributed by atoms with Crippen molar-refractivity contribution >= 4 is 23.0 Å². The average molecular weight is 318 g/mol. The summed E-state index contributed by atoms with van der Waals surface area (Å²) in [4.78, 5) is 15.7. The van der Waals surface area contributed by atoms with E-state index in [1.807, 2.05) is 6.92 Å². The molecule has 6 heteroatoms. The van der Waals surface area contributed by atoms with Crippen LogP contribution in [0.3, 0.4) is 0 Å². The first-order valence-electron chi connectivity index (χ1n) is 5.74. The number of hydrogen-bond donors (Lipinski definition) is 0. The molecule has 0 aromatic carbocycles. The van der Waals surface area contributed by atoms with Crippen LogP contribution in [0.2, 0.25) is 0 Å². The van der Waals surface area contributed by atoms with E-state index >= 15 is 0 Å². The van der Waals surface area contributed by atoms with Crippen LogP contribution >= 0.6 is 17.0 Å². The lowest BCUT2D eigenvalue weighted by molar-refractivity contribution is 0.0498. The fourth-order valence-corrected chi connectivity index (χ4v) is 1.44. The van der Waals surface area contributed by atoms with Crippen molar-refractivity contribution in [3.63, 3.8) is 0 Å². The molecule has 0 aliphatic carbocycles. The number of esters is 1. The number of rotatable bonds is 4. The van der Waals surface area contributed by atoms with Gasteiger partial charge in [-0.3, -0.25) is 0 Å². The molecule has 2 heterocycles. The molecule has 5 nitrogen and oxygen atoms in total. The Morgan fingerprint density at radius 3 is 3.00 bits per heavy atom. The van der Waals surface area contributed by atoms with Gasteiger partial charge in [0.1, 0.15) is 13.2 Å². The quantitative estimate of drug-likeness (QED) is 0.630. The van der Waals surface area contributed by atoms with E-state index in [2.05, 4.69) is 4.98 Å². The second-order valence-corrected chi connectivity index (χ2v) is 3.71. The highest BCUT2D eigenvalue weighted by Crippen LogP contribution is 2.28. The van der Waals surface area contributed by atoms with Gasteiger partial charge in [0, 0.05) is 12.3 Å². The van der Waals surface area contributed by atoms with Crippen LogP contribution in [-0.2, 0) is 4.74 Å². The zero-order valence-corrected chi connectivity index (χ0v) is 11.9. The van der Waals surface area contributed by atoms with Crippen molar-refractivity contribution in [3.05, 3.63) is 17.8 Å². The van der Waals surface area contributed by atoms with Crippen molar-refractivity contribution in [3.8, 4) is 11.6 Å². The van der Waals surface area contributed by atoms with Crippen LogP contribution in [-0.4, -0.2) is 30.8 Å². The van der Waals surface area contributed by atoms with E-state index in [9.17, 15) is 4.79 Å². The summed E-state index contributed by atoms with van der Waals surface area (Å²) in [5, 5.41) is 0. The second-order valence-electron chi connectivity index (χ2n) is 3.71. The van der Waals surface area contributed by atoms with Crippen molar-refractivity contribution in [1.29, 1.82) is 0 Å². The zero-order chi connectivity index (χ0) is 12.1. The number of hydrogen-bond acceptors (Lipinski definition) is 5. The fourth-order valence-electron chi connectivity index (χ4n) is 1.44. The zero-order valence-electron chi connectivity index (χ0n) is 10.2. The molecule has 1 aromatic heterocycles. The molecular formula is C12H16BrNO4. The number of carbonyl (C=O) groups excluding carboxylic acids is 1. The third-order valence-electron chi connectivity index (χ3n) is 2.36. The number of pyridine rings is 1. The lowest BCUT2D eigenvalue weighted by Gasteiger charge is -2.17. The van der Waals surface area contributed by atoms with E-state index < -0.39 is 0 Å². The summed E-state index contributed by atoms with van der Waals surface area (Å²) in [5.41, 5.74) is 0.394. The van der Waals surface area contributed by atoms with Crippen LogP contribution in [0.5, 0.6) is 11.6 Å². The summed E-state index contributed by atoms with van der Waals surface area (Å²) in [6, 6.07) is 1.61. The van der Waals surface area contributed by atoms with E-state index in [0.717, 1.165) is 12.8 Å². The Labute approximate surface area is 116 Å². The summed E-state index contributed by atoms with van der Waals surface area (Å²) < 4.78 is 15.7. The van der Waals surface area contributed by atoms with Gasteiger partial charge in [0.2, 0.25) is 0 Å². The second kappa shape index (κ2) is 7.20. The Morgan fingerprint density at radius 2 is 2.22 bits per heavy atom. The smallest absolute Gasteiger partial charge is 0.339 e. The Morgan fingerprint density at radius 1 is 1.44 bits per heavy atom. The Hall–Kier alpha value is -1.30. The lowest BCUT2D eigenvalue weighted by Crippen LogP contribution is -2.17. The Kier molecular flexibility index (Phi) is 5.91. The molecule has 0 fully saturated rings. The summed E-state index contributed by atoms with van der Waals surface area (Å²) >= 11 is 0. The normalized spacial score (nSPS) is 12.5. The number of halogens is 1. The molecule has 0 N–H and O–H groups in total. The van der Waals surface area contributed by atoms with E-state index in [0.29, 0.717) is 37.0 Å². The van der Waals surface area contributed by atoms with Gasteiger partial charge < -0.3 is 14.2 Å². The van der Waals surface area contributed by atoms with Gasteiger partial charge in [-0.2, -0.15) is 0 Å². The van der Waals surface area contributed by atoms with Crippen molar-refractivity contribution < 1.29 is 19.0 Å². The van der Waals surface area contributed by atoms with Crippen LogP contribution in [0.25, 0.3) is 0 Å². The van der Waals surface area contributed by atoms with Crippen molar-refractivity contribution in [2.24, 2.45) is 0 Å². The SMILES string of the molecule is Br.CCCCOC(=O)c1cnc2c(c1)OCCO2. The van der Waals surface area contributed by atoms with Gasteiger partial charge >= 0.3 is 5.97 Å². The minimum atomic E-state index is -0.372. The van der Waals surface area contributed by atoms with E-state index in [-0.39, 0.29) is 23.0 Å². The maximum atomic E-state index is 11.6. The van der Waals surface area contributed by atoms with Gasteiger partial charge in [-0.1, -0.05) is 13.3 Å². The van der Waals surface area contributed by atoms with Crippen molar-refractivity contribution in [1.82, 2.24) is 4.98 Å². The van der Waals surface area contributed by atoms with Crippen LogP contribution in [0.4, 0.5) is 0 Å². The number of nitrogens with zero attached hydrogens (tertiary/aromatic N) is 1. The molecular weight excluding hydrogens is 302 g/mol. The summed E-state index contributed by atoms with van der Waals surface area (Å²) in [7, 11) is 0. The molecule has 2 rings (SSSR count). The van der Waals surface area contributed by atoms with Crippen molar-refractivity contribution in [2.75, 3.05) is 19.8 Å². The molecule has 0 saturated carbocycles. The van der Waals surface area contributed by atoms with Crippen LogP contribution in [0.1, 0.15) is 30.1 Å². The summed E-state index contributed by atoms with van der Waals surface area (Å²) in [5.74, 6) is 0.561. The highest BCUT2D eigenvalue weighted by Gasteiger charge is 2.16. The fraction of sp³-hybridized carbons (Fsp3) is 0.500. The van der Waals surface area contributed by atoms with E-state index in [4.69, 9.17) is 14.2 Å². The van der Waals surface area contributed by atoms with Gasteiger partial charge in [0.15, 0.2) is 5.75 Å². The van der Waals surface area contributed by atoms with E-state index in [1.54, 1.807) is 6.07 Å². The first-order valence-corrected chi connectivity index (χ1v) is 5.74. The van der Waals surface area contributed by atoms with Gasteiger partial charge in [-0.25, -0.2) is 9.78 Å². The monoisotopic (exact) mass is 317 g/mol. The highest BCUT2D eigenvalue weighted by atomic mass is 79.9. The molecule has 0 unspecified atom stereocenters. The van der Waals surface area contributed by atoms with Gasteiger partial charge in [-0.15, -0.1) is 17.0 Å². The summed E-state index contributed by atoms with van der Waals surface area (Å²) in [6.45, 7) is 3.44. The maximum absolute atomic E-state index is 11.6. The third kappa shape index (κ3) is 3.60. The number of fused-ring (bicyclic) bond motifs is 1. The standard InChI is InChI=1S/C12H15NO4.BrH/c1-2-3-4-17-12(14)9-7-10-11(13-8-9)16-6-5-15-10;/h7-8H,2-6H2,1H3;1H. The largest absolute Gasteiger partial charge is 0.484 e. The van der Waals surface area contributed by atoms with Crippen LogP contribution < -0.4 is 9.47 Å². The van der Waals surface area contributed by atoms with Crippen LogP contribution in [0, 0.1) is 0 Å². The molecule has 0 radical (unpaired) electrons. The highest BCUT2D eigenvalue weighted by molar-refractivity contribution is 8.93. The molecule has 0 amide bonds. The van der Waals surface area contributed by atoms with Gasteiger partial charge in [0.25, 0.3) is 5.88 Å². The number of ether oxygens (including phenoxy) is 3. The van der Waals surface area contributed by atoms with Crippen molar-refractivity contribution in [2.45, 2.75) is 19.8 Å². The molecule has 18 heavy (non-hydrogen) atoms. The first kappa shape index (κ1) is 14.8. The molecule has 1 aliphatic rings. The number of carbonyl (C=O) groups is 1. The number of aromatic nitrogens is 1. The van der Waals surface area contributed by atoms with Crippen LogP contribution in [0.15, 0.2) is 12.3 Å². The maximum Gasteiger partial charge on any atom is 0.339 e. The predicted molar refractivity (Wildman–Crippen MR) is 70.7 cm³/mol. The Bertz CT molecular complexity index is 411. The average Bonchev–Trinajstić information content (AvgIpc) is 2.38. The summed E-state index contributed by atoms with van der Waals surface area (Å²) in [6.07, 6.45) is 3.30. The van der Waals surface area contributed by atoms with Gasteiger partial charge in [-0.05, 0) is 6.42 Å². The molecule has 0 spiro atoms. The molecule has 1 aliphatic heterocycles. The molecule has 1 aromatic rings. The van der Waals surface area contributed by atoms with E-state index in [1.165, 1.54) is 6.20 Å². The third-order valence-corrected chi connectivity index (χ3v) is 2.36. The first-order chi connectivity index (χ1) is 8.31. The minimum Gasteiger partial charge on any atom is -0.484 e. The molecule has 0 atom stereocenters. The van der Waals surface area contributed by atoms with Gasteiger partial charge in [0.05, 0.1) is 12.2 Å². The minimum absolute atomic E-state index is 0. The predicted octanol–water partition coefficient (Wildman–Crippen LogP) is 2.39. The topological polar surface area (TPSA) is 57.7 Å². The lowest BCUT2D eigenvalue weighted by atomic mass is 10.2. The number of unbranched alkanes of at least 4 members (excludes halogenated alkanes) is 1.